The molecule has 9 nitrogen and oxygen atoms in total. The van der Waals surface area contributed by atoms with Gasteiger partial charge in [0.2, 0.25) is 0 Å². The highest BCUT2D eigenvalue weighted by molar-refractivity contribution is 6.45. The second-order valence-corrected chi connectivity index (χ2v) is 5.39. The number of hydrogen-bond acceptors (Lipinski definition) is 8. The molecule has 0 atom stereocenters. The Balaban J connectivity index is 2.36. The Bertz CT molecular complexity index is 901. The first-order valence-corrected chi connectivity index (χ1v) is 7.51. The summed E-state index contributed by atoms with van der Waals surface area (Å²) in [6, 6.07) is 1.57. The minimum absolute atomic E-state index is 0.142. The molecule has 0 amide bonds. The molecule has 0 bridgehead atoms. The molecule has 0 aliphatic carbocycles. The van der Waals surface area contributed by atoms with E-state index in [2.05, 4.69) is 25.5 Å². The number of ether oxygens (including phenoxy) is 2. The van der Waals surface area contributed by atoms with Gasteiger partial charge in [-0.3, -0.25) is 0 Å². The molecular formula is C13H12Cl2N6O3. The molecule has 3 aromatic rings. The van der Waals surface area contributed by atoms with Crippen LogP contribution >= 0.6 is 23.2 Å². The van der Waals surface area contributed by atoms with Crippen LogP contribution in [0.5, 0.6) is 11.8 Å². The van der Waals surface area contributed by atoms with E-state index in [9.17, 15) is 0 Å². The Kier molecular flexibility index (Phi) is 4.65. The minimum Gasteiger partial charge on any atom is -0.477 e. The van der Waals surface area contributed by atoms with E-state index in [1.165, 1.54) is 18.9 Å². The van der Waals surface area contributed by atoms with Gasteiger partial charge in [-0.1, -0.05) is 23.2 Å². The normalized spacial score (nSPS) is 11.0. The highest BCUT2D eigenvalue weighted by Crippen LogP contribution is 2.39. The van der Waals surface area contributed by atoms with E-state index in [-0.39, 0.29) is 35.0 Å². The molecule has 0 fully saturated rings. The largest absolute Gasteiger partial charge is 0.477 e. The first kappa shape index (κ1) is 16.6. The van der Waals surface area contributed by atoms with E-state index < -0.39 is 0 Å². The van der Waals surface area contributed by atoms with Crippen LogP contribution in [0.2, 0.25) is 10.0 Å². The van der Waals surface area contributed by atoms with Crippen molar-refractivity contribution in [3.05, 3.63) is 16.1 Å². The van der Waals surface area contributed by atoms with Gasteiger partial charge < -0.3 is 14.6 Å². The van der Waals surface area contributed by atoms with E-state index >= 15 is 0 Å². The first-order valence-electron chi connectivity index (χ1n) is 6.75. The monoisotopic (exact) mass is 370 g/mol. The van der Waals surface area contributed by atoms with Crippen molar-refractivity contribution in [2.24, 2.45) is 0 Å². The maximum absolute atomic E-state index is 9.16. The van der Waals surface area contributed by atoms with Gasteiger partial charge in [0, 0.05) is 0 Å². The number of fused-ring (bicyclic) bond motifs is 1. The predicted octanol–water partition coefficient (Wildman–Crippen LogP) is 1.60. The molecule has 0 unspecified atom stereocenters. The van der Waals surface area contributed by atoms with E-state index in [0.29, 0.717) is 22.4 Å². The Morgan fingerprint density at radius 1 is 1.17 bits per heavy atom. The van der Waals surface area contributed by atoms with Crippen LogP contribution < -0.4 is 9.47 Å². The molecule has 0 spiro atoms. The van der Waals surface area contributed by atoms with Crippen LogP contribution in [0.4, 0.5) is 0 Å². The summed E-state index contributed by atoms with van der Waals surface area (Å²) in [5.74, 6) is 0.707. The summed E-state index contributed by atoms with van der Waals surface area (Å²) >= 11 is 12.6. The Hall–Kier alpha value is -2.23. The number of halogens is 2. The molecule has 1 aromatic carbocycles. The molecule has 2 aromatic heterocycles. The van der Waals surface area contributed by atoms with Crippen LogP contribution in [0.25, 0.3) is 22.4 Å². The quantitative estimate of drug-likeness (QED) is 0.721. The van der Waals surface area contributed by atoms with Crippen LogP contribution in [0.1, 0.15) is 0 Å². The summed E-state index contributed by atoms with van der Waals surface area (Å²) in [4.78, 5) is 8.73. The van der Waals surface area contributed by atoms with Crippen molar-refractivity contribution >= 4 is 34.2 Å². The van der Waals surface area contributed by atoms with Crippen molar-refractivity contribution < 1.29 is 14.6 Å². The van der Waals surface area contributed by atoms with Crippen LogP contribution in [-0.2, 0) is 6.54 Å². The van der Waals surface area contributed by atoms with Gasteiger partial charge in [0.1, 0.15) is 5.52 Å². The predicted molar refractivity (Wildman–Crippen MR) is 86.6 cm³/mol. The molecule has 1 N–H and O–H groups in total. The third-order valence-electron chi connectivity index (χ3n) is 3.24. The third kappa shape index (κ3) is 2.70. The van der Waals surface area contributed by atoms with Crippen LogP contribution in [0, 0.1) is 0 Å². The lowest BCUT2D eigenvalue weighted by molar-refractivity contribution is 0.269. The zero-order valence-corrected chi connectivity index (χ0v) is 14.2. The van der Waals surface area contributed by atoms with Gasteiger partial charge in [0.05, 0.1) is 48.5 Å². The molecule has 2 heterocycles. The standard InChI is InChI=1S/C13H12Cl2N6O3/c1-23-12-13(24-2)17-10-7(16-12)5-6(14)9(15)8(10)11-18-19-20-21(11)3-4-22/h5,22H,3-4H2,1-2H3. The second kappa shape index (κ2) is 6.71. The highest BCUT2D eigenvalue weighted by atomic mass is 35.5. The van der Waals surface area contributed by atoms with E-state index in [0.717, 1.165) is 0 Å². The van der Waals surface area contributed by atoms with Gasteiger partial charge in [0.15, 0.2) is 5.82 Å². The lowest BCUT2D eigenvalue weighted by atomic mass is 10.1. The van der Waals surface area contributed by atoms with Crippen molar-refractivity contribution in [1.29, 1.82) is 0 Å². The van der Waals surface area contributed by atoms with Gasteiger partial charge in [0.25, 0.3) is 11.8 Å². The lowest BCUT2D eigenvalue weighted by Crippen LogP contribution is -2.07. The summed E-state index contributed by atoms with van der Waals surface area (Å²) in [6.45, 7) is 0.0460. The Labute approximate surface area is 146 Å². The van der Waals surface area contributed by atoms with Gasteiger partial charge >= 0.3 is 0 Å². The smallest absolute Gasteiger partial charge is 0.278 e. The molecule has 0 radical (unpaired) electrons. The topological polar surface area (TPSA) is 108 Å². The van der Waals surface area contributed by atoms with Crippen LogP contribution in [0.3, 0.4) is 0 Å². The van der Waals surface area contributed by atoms with Crippen molar-refractivity contribution in [2.45, 2.75) is 6.54 Å². The average Bonchev–Trinajstić information content (AvgIpc) is 3.03. The summed E-state index contributed by atoms with van der Waals surface area (Å²) < 4.78 is 11.7. The van der Waals surface area contributed by atoms with Gasteiger partial charge in [-0.15, -0.1) is 5.10 Å². The highest BCUT2D eigenvalue weighted by Gasteiger charge is 2.22. The third-order valence-corrected chi connectivity index (χ3v) is 4.03. The number of aliphatic hydroxyl groups is 1. The van der Waals surface area contributed by atoms with Crippen molar-refractivity contribution in [1.82, 2.24) is 30.2 Å². The molecule has 11 heteroatoms. The average molecular weight is 371 g/mol. The fraction of sp³-hybridized carbons (Fsp3) is 0.308. The molecule has 126 valence electrons. The summed E-state index contributed by atoms with van der Waals surface area (Å²) in [6.07, 6.45) is 0. The molecular weight excluding hydrogens is 359 g/mol. The second-order valence-electron chi connectivity index (χ2n) is 4.61. The number of nitrogens with zero attached hydrogens (tertiary/aromatic N) is 6. The number of rotatable bonds is 5. The fourth-order valence-electron chi connectivity index (χ4n) is 2.21. The molecule has 24 heavy (non-hydrogen) atoms. The van der Waals surface area contributed by atoms with Gasteiger partial charge in [-0.05, 0) is 16.5 Å². The Morgan fingerprint density at radius 3 is 2.54 bits per heavy atom. The van der Waals surface area contributed by atoms with E-state index in [4.69, 9.17) is 37.8 Å². The zero-order valence-electron chi connectivity index (χ0n) is 12.7. The first-order chi connectivity index (χ1) is 11.6. The number of benzene rings is 1. The maximum Gasteiger partial charge on any atom is 0.278 e. The van der Waals surface area contributed by atoms with E-state index in [1.54, 1.807) is 6.07 Å². The summed E-state index contributed by atoms with van der Waals surface area (Å²) in [5.41, 5.74) is 1.23. The molecule has 0 saturated carbocycles. The van der Waals surface area contributed by atoms with Crippen molar-refractivity contribution in [3.8, 4) is 23.1 Å². The number of aliphatic hydroxyl groups excluding tert-OH is 1. The number of tetrazole rings is 1. The Morgan fingerprint density at radius 2 is 1.88 bits per heavy atom. The van der Waals surface area contributed by atoms with Crippen LogP contribution in [0.15, 0.2) is 6.07 Å². The summed E-state index contributed by atoms with van der Waals surface area (Å²) in [7, 11) is 2.91. The van der Waals surface area contributed by atoms with Crippen molar-refractivity contribution in [2.75, 3.05) is 20.8 Å². The maximum atomic E-state index is 9.16. The summed E-state index contributed by atoms with van der Waals surface area (Å²) in [5, 5.41) is 21.0. The SMILES string of the molecule is COc1nc2cc(Cl)c(Cl)c(-c3nnnn3CCO)c2nc1OC. The number of hydrogen-bond donors (Lipinski definition) is 1. The zero-order chi connectivity index (χ0) is 17.3. The van der Waals surface area contributed by atoms with E-state index in [1.807, 2.05) is 0 Å². The molecule has 0 aliphatic rings. The fourth-order valence-corrected chi connectivity index (χ4v) is 2.63. The lowest BCUT2D eigenvalue weighted by Gasteiger charge is -2.12. The van der Waals surface area contributed by atoms with Crippen LogP contribution in [-0.4, -0.2) is 56.1 Å². The molecule has 3 rings (SSSR count). The molecule has 0 aliphatic heterocycles. The van der Waals surface area contributed by atoms with Crippen molar-refractivity contribution in [3.63, 3.8) is 0 Å². The number of methoxy groups -OCH3 is 2. The molecule has 0 saturated heterocycles. The van der Waals surface area contributed by atoms with Gasteiger partial charge in [-0.2, -0.15) is 0 Å². The minimum atomic E-state index is -0.142. The van der Waals surface area contributed by atoms with Gasteiger partial charge in [-0.25, -0.2) is 14.6 Å². The number of aromatic nitrogens is 6.